The molecule has 1 heterocycles. The largest absolute Gasteiger partial charge is 2.00 e. The molecule has 9 heavy (non-hydrogen) atoms. The predicted molar refractivity (Wildman–Crippen MR) is 44.3 cm³/mol. The van der Waals surface area contributed by atoms with E-state index in [9.17, 15) is 0 Å². The van der Waals surface area contributed by atoms with Crippen molar-refractivity contribution in [2.24, 2.45) is 0 Å². The fourth-order valence-electron chi connectivity index (χ4n) is 0.256. The van der Waals surface area contributed by atoms with E-state index in [2.05, 4.69) is 0 Å². The number of hydrogen-bond donors (Lipinski definition) is 0. The molecule has 1 aromatic rings. The van der Waals surface area contributed by atoms with Crippen LogP contribution in [0.4, 0.5) is 0 Å². The molecule has 0 radical (unpaired) electrons. The third-order valence-corrected chi connectivity index (χ3v) is 4.06. The van der Waals surface area contributed by atoms with Crippen molar-refractivity contribution in [3.05, 3.63) is 3.14 Å². The van der Waals surface area contributed by atoms with Gasteiger partial charge in [0.2, 0.25) is 0 Å². The van der Waals surface area contributed by atoms with Gasteiger partial charge >= 0.3 is 27.3 Å². The second-order valence-electron chi connectivity index (χ2n) is 1.03. The van der Waals surface area contributed by atoms with Crippen LogP contribution in [0.3, 0.4) is 0 Å². The molecule has 0 nitrogen and oxygen atoms in total. The Morgan fingerprint density at radius 2 is 1.44 bits per heavy atom. The van der Waals surface area contributed by atoms with E-state index in [4.69, 9.17) is 37.5 Å². The summed E-state index contributed by atoms with van der Waals surface area (Å²) < 4.78 is 2.35. The average molecular weight is 309 g/mol. The molecule has 0 unspecified atom stereocenters. The van der Waals surface area contributed by atoms with Crippen LogP contribution < -0.4 is 0 Å². The maximum absolute atomic E-state index is 4.83. The first-order valence-corrected chi connectivity index (χ1v) is 4.54. The Hall–Kier alpha value is 1.63. The van der Waals surface area contributed by atoms with Crippen molar-refractivity contribution in [2.45, 2.75) is 8.42 Å². The molecule has 0 saturated carbocycles. The molecule has 0 aliphatic heterocycles. The third kappa shape index (κ3) is 3.02. The molecule has 0 bridgehead atoms. The zero-order valence-electron chi connectivity index (χ0n) is 4.25. The standard InChI is InChI=1S/C3H2S5.Cd/c4-1-2(5)8-3(6)7-1;/h4-5H;/q;+2/p-2. The number of hydrogen-bond acceptors (Lipinski definition) is 5. The second-order valence-corrected chi connectivity index (χ2v) is 5.59. The van der Waals surface area contributed by atoms with Crippen LogP contribution in [0.15, 0.2) is 8.42 Å². The normalized spacial score (nSPS) is 8.44. The molecule has 6 heteroatoms. The zero-order valence-corrected chi connectivity index (χ0v) is 12.4. The van der Waals surface area contributed by atoms with Crippen molar-refractivity contribution in [3.63, 3.8) is 0 Å². The van der Waals surface area contributed by atoms with Crippen molar-refractivity contribution in [1.29, 1.82) is 0 Å². The number of rotatable bonds is 0. The van der Waals surface area contributed by atoms with Crippen LogP contribution >= 0.6 is 34.9 Å². The minimum absolute atomic E-state index is 0. The van der Waals surface area contributed by atoms with Crippen molar-refractivity contribution >= 4 is 60.1 Å². The topological polar surface area (TPSA) is 0 Å². The summed E-state index contributed by atoms with van der Waals surface area (Å²) >= 11 is 17.3. The van der Waals surface area contributed by atoms with E-state index < -0.39 is 0 Å². The molecule has 0 aliphatic carbocycles. The molecular formula is C3CdS5. The van der Waals surface area contributed by atoms with Crippen molar-refractivity contribution in [2.75, 3.05) is 0 Å². The summed E-state index contributed by atoms with van der Waals surface area (Å²) in [4.78, 5) is 0. The summed E-state index contributed by atoms with van der Waals surface area (Å²) in [5, 5.41) is 0. The van der Waals surface area contributed by atoms with Crippen LogP contribution in [-0.4, -0.2) is 0 Å². The van der Waals surface area contributed by atoms with Crippen LogP contribution in [0, 0.1) is 3.14 Å². The summed E-state index contributed by atoms with van der Waals surface area (Å²) in [5.41, 5.74) is 0. The van der Waals surface area contributed by atoms with Gasteiger partial charge in [-0.2, -0.15) is 0 Å². The van der Waals surface area contributed by atoms with E-state index in [1.807, 2.05) is 0 Å². The molecule has 0 aromatic carbocycles. The van der Waals surface area contributed by atoms with E-state index in [-0.39, 0.29) is 27.3 Å². The third-order valence-electron chi connectivity index (χ3n) is 0.519. The Bertz CT molecular complexity index is 212. The van der Waals surface area contributed by atoms with Crippen LogP contribution in [-0.2, 0) is 52.6 Å². The molecule has 0 amide bonds. The molecular weight excluding hydrogens is 309 g/mol. The molecule has 1 rings (SSSR count). The van der Waals surface area contributed by atoms with Gasteiger partial charge in [0.15, 0.2) is 0 Å². The molecule has 1 aromatic heterocycles. The molecule has 44 valence electrons. The second kappa shape index (κ2) is 4.50. The molecule has 0 atom stereocenters. The van der Waals surface area contributed by atoms with Gasteiger partial charge in [0.05, 0.1) is 0 Å². The van der Waals surface area contributed by atoms with Crippen molar-refractivity contribution in [3.8, 4) is 0 Å². The van der Waals surface area contributed by atoms with E-state index >= 15 is 0 Å². The van der Waals surface area contributed by atoms with Gasteiger partial charge in [-0.1, -0.05) is 0 Å². The summed E-state index contributed by atoms with van der Waals surface area (Å²) in [6.45, 7) is 0. The minimum atomic E-state index is 0. The molecule has 0 fully saturated rings. The van der Waals surface area contributed by atoms with E-state index in [0.717, 1.165) is 11.6 Å². The average Bonchev–Trinajstić information content (AvgIpc) is 1.85. The Labute approximate surface area is 97.7 Å². The van der Waals surface area contributed by atoms with E-state index in [1.54, 1.807) is 0 Å². The van der Waals surface area contributed by atoms with E-state index in [0.29, 0.717) is 0 Å². The molecule has 0 N–H and O–H groups in total. The zero-order chi connectivity index (χ0) is 6.15. The summed E-state index contributed by atoms with van der Waals surface area (Å²) in [5.74, 6) is 0. The molecule has 0 spiro atoms. The summed E-state index contributed by atoms with van der Waals surface area (Å²) in [6.07, 6.45) is 0. The van der Waals surface area contributed by atoms with E-state index in [1.165, 1.54) is 22.7 Å². The van der Waals surface area contributed by atoms with Crippen LogP contribution in [0.1, 0.15) is 0 Å². The Kier molecular flexibility index (Phi) is 5.31. The van der Waals surface area contributed by atoms with Crippen LogP contribution in [0.5, 0.6) is 0 Å². The van der Waals surface area contributed by atoms with Crippen molar-refractivity contribution in [1.82, 2.24) is 0 Å². The maximum Gasteiger partial charge on any atom is 2.00 e. The fourth-order valence-corrected chi connectivity index (χ4v) is 3.52. The van der Waals surface area contributed by atoms with Gasteiger partial charge < -0.3 is 47.9 Å². The SMILES string of the molecule is S=c1sc([S-])c([S-])s1.[Cd+2]. The molecule has 0 saturated heterocycles. The van der Waals surface area contributed by atoms with Gasteiger partial charge in [0.1, 0.15) is 0 Å². The summed E-state index contributed by atoms with van der Waals surface area (Å²) in [6, 6.07) is 0. The smallest absolute Gasteiger partial charge is 0.429 e. The summed E-state index contributed by atoms with van der Waals surface area (Å²) in [7, 11) is 0. The van der Waals surface area contributed by atoms with Crippen LogP contribution in [0.2, 0.25) is 0 Å². The van der Waals surface area contributed by atoms with Gasteiger partial charge in [0, 0.05) is 0 Å². The van der Waals surface area contributed by atoms with Crippen molar-refractivity contribution < 1.29 is 27.3 Å². The van der Waals surface area contributed by atoms with Gasteiger partial charge in [-0.25, -0.2) is 0 Å². The minimum Gasteiger partial charge on any atom is -0.429 e. The first-order valence-electron chi connectivity index (χ1n) is 1.68. The fraction of sp³-hybridized carbons (Fsp3) is 0. The van der Waals surface area contributed by atoms with Gasteiger partial charge in [-0.3, -0.25) is 0 Å². The van der Waals surface area contributed by atoms with Gasteiger partial charge in [0.25, 0.3) is 0 Å². The monoisotopic (exact) mass is 310 g/mol. The maximum atomic E-state index is 4.83. The Morgan fingerprint density at radius 3 is 1.56 bits per heavy atom. The molecule has 0 aliphatic rings. The van der Waals surface area contributed by atoms with Gasteiger partial charge in [-0.15, -0.1) is 20.6 Å². The van der Waals surface area contributed by atoms with Gasteiger partial charge in [-0.05, 0) is 3.14 Å². The Morgan fingerprint density at radius 1 is 1.11 bits per heavy atom. The predicted octanol–water partition coefficient (Wildman–Crippen LogP) is 2.35. The van der Waals surface area contributed by atoms with Crippen LogP contribution in [0.25, 0.3) is 0 Å². The Balaban J connectivity index is 0.000000640. The first-order chi connectivity index (χ1) is 3.70. The first kappa shape index (κ1) is 10.6. The quantitative estimate of drug-likeness (QED) is 0.410.